The van der Waals surface area contributed by atoms with E-state index >= 15 is 0 Å². The highest BCUT2D eigenvalue weighted by Crippen LogP contribution is 2.41. The molecule has 0 bridgehead atoms. The van der Waals surface area contributed by atoms with E-state index in [4.69, 9.17) is 17.3 Å². The first kappa shape index (κ1) is 25.5. The number of nitrogens with one attached hydrogen (secondary N) is 2. The first-order valence-corrected chi connectivity index (χ1v) is 12.0. The van der Waals surface area contributed by atoms with Crippen LogP contribution in [-0.2, 0) is 4.79 Å². The van der Waals surface area contributed by atoms with Crippen LogP contribution in [0.4, 0.5) is 21.6 Å². The summed E-state index contributed by atoms with van der Waals surface area (Å²) < 4.78 is 13.9. The number of anilines is 3. The largest absolute Gasteiger partial charge is 0.398 e. The quantitative estimate of drug-likeness (QED) is 0.177. The molecule has 0 unspecified atom stereocenters. The van der Waals surface area contributed by atoms with Crippen LogP contribution in [0.1, 0.15) is 10.4 Å². The maximum absolute atomic E-state index is 13.9. The number of benzene rings is 3. The van der Waals surface area contributed by atoms with Gasteiger partial charge in [-0.15, -0.1) is 0 Å². The molecule has 2 aromatic heterocycles. The van der Waals surface area contributed by atoms with E-state index in [0.717, 1.165) is 11.1 Å². The van der Waals surface area contributed by atoms with Crippen LogP contribution >= 0.6 is 11.6 Å². The fourth-order valence-electron chi connectivity index (χ4n) is 4.11. The number of nitrogens with two attached hydrogens (primary N) is 1. The molecular formula is C29H20ClFN6O2. The standard InChI is InChI=1S/C29H20ClFN6O2/c1-2-25(38)36-18-6-3-5-16(11-18)20-13-21(26(32)22-14-33-15-35-27(20)22)19-9-8-17(12-23(19)30)29(39)37-28-24(31)7-4-10-34-28/h2-15H,1,32H2,(H,36,38)(H,34,37,39). The maximum atomic E-state index is 13.9. The number of hydrogen-bond acceptors (Lipinski definition) is 6. The Bertz CT molecular complexity index is 1780. The lowest BCUT2D eigenvalue weighted by Gasteiger charge is -2.16. The molecule has 2 heterocycles. The average Bonchev–Trinajstić information content (AvgIpc) is 2.95. The summed E-state index contributed by atoms with van der Waals surface area (Å²) in [5.41, 5.74) is 11.0. The van der Waals surface area contributed by atoms with Gasteiger partial charge in [0, 0.05) is 50.7 Å². The topological polar surface area (TPSA) is 123 Å². The maximum Gasteiger partial charge on any atom is 0.256 e. The van der Waals surface area contributed by atoms with E-state index in [1.807, 2.05) is 24.3 Å². The molecule has 39 heavy (non-hydrogen) atoms. The molecule has 3 aromatic carbocycles. The number of rotatable bonds is 6. The second-order valence-electron chi connectivity index (χ2n) is 8.43. The van der Waals surface area contributed by atoms with Gasteiger partial charge in [-0.3, -0.25) is 9.59 Å². The fourth-order valence-corrected chi connectivity index (χ4v) is 4.39. The normalized spacial score (nSPS) is 10.7. The van der Waals surface area contributed by atoms with Gasteiger partial charge in [0.05, 0.1) is 11.2 Å². The lowest BCUT2D eigenvalue weighted by Crippen LogP contribution is -2.14. The SMILES string of the molecule is C=CC(=O)Nc1cccc(-c2cc(-c3ccc(C(=O)Nc4ncccc4F)cc3Cl)c(N)c3cncnc23)c1. The minimum atomic E-state index is -0.652. The van der Waals surface area contributed by atoms with Gasteiger partial charge in [0.25, 0.3) is 5.91 Å². The molecule has 8 nitrogen and oxygen atoms in total. The molecule has 0 spiro atoms. The van der Waals surface area contributed by atoms with Gasteiger partial charge >= 0.3 is 0 Å². The molecule has 4 N–H and O–H groups in total. The lowest BCUT2D eigenvalue weighted by molar-refractivity contribution is -0.111. The Hall–Kier alpha value is -5.15. The van der Waals surface area contributed by atoms with Crippen molar-refractivity contribution in [1.29, 1.82) is 0 Å². The summed E-state index contributed by atoms with van der Waals surface area (Å²) in [6.45, 7) is 3.48. The van der Waals surface area contributed by atoms with Crippen molar-refractivity contribution in [3.8, 4) is 22.3 Å². The Morgan fingerprint density at radius 1 is 0.974 bits per heavy atom. The summed E-state index contributed by atoms with van der Waals surface area (Å²) >= 11 is 6.65. The Morgan fingerprint density at radius 3 is 2.59 bits per heavy atom. The van der Waals surface area contributed by atoms with Crippen LogP contribution < -0.4 is 16.4 Å². The third kappa shape index (κ3) is 5.16. The molecule has 10 heteroatoms. The zero-order chi connectivity index (χ0) is 27.5. The Morgan fingerprint density at radius 2 is 1.82 bits per heavy atom. The van der Waals surface area contributed by atoms with E-state index in [1.54, 1.807) is 24.4 Å². The molecule has 5 aromatic rings. The van der Waals surface area contributed by atoms with Crippen molar-refractivity contribution < 1.29 is 14.0 Å². The zero-order valence-corrected chi connectivity index (χ0v) is 21.0. The molecule has 5 rings (SSSR count). The molecule has 0 fully saturated rings. The Kier molecular flexibility index (Phi) is 6.98. The van der Waals surface area contributed by atoms with Gasteiger partial charge in [-0.2, -0.15) is 0 Å². The molecule has 0 aliphatic heterocycles. The number of amides is 2. The van der Waals surface area contributed by atoms with Gasteiger partial charge in [-0.05, 0) is 54.1 Å². The fraction of sp³-hybridized carbons (Fsp3) is 0. The van der Waals surface area contributed by atoms with E-state index in [1.165, 1.54) is 36.8 Å². The molecule has 0 atom stereocenters. The van der Waals surface area contributed by atoms with E-state index < -0.39 is 11.7 Å². The number of carbonyl (C=O) groups is 2. The van der Waals surface area contributed by atoms with Crippen LogP contribution in [0.2, 0.25) is 5.02 Å². The molecule has 0 aliphatic rings. The predicted octanol–water partition coefficient (Wildman–Crippen LogP) is 6.11. The summed E-state index contributed by atoms with van der Waals surface area (Å²) in [6, 6.07) is 16.4. The summed E-state index contributed by atoms with van der Waals surface area (Å²) in [6.07, 6.45) is 5.61. The average molecular weight is 539 g/mol. The van der Waals surface area contributed by atoms with Crippen molar-refractivity contribution >= 4 is 51.5 Å². The summed E-state index contributed by atoms with van der Waals surface area (Å²) in [4.78, 5) is 37.0. The first-order valence-electron chi connectivity index (χ1n) is 11.6. The van der Waals surface area contributed by atoms with Gasteiger partial charge in [-0.1, -0.05) is 36.4 Å². The highest BCUT2D eigenvalue weighted by molar-refractivity contribution is 6.34. The molecule has 192 valence electrons. The smallest absolute Gasteiger partial charge is 0.256 e. The Balaban J connectivity index is 1.58. The second kappa shape index (κ2) is 10.7. The number of nitrogen functional groups attached to an aromatic ring is 1. The van der Waals surface area contributed by atoms with Gasteiger partial charge in [0.15, 0.2) is 11.6 Å². The third-order valence-corrected chi connectivity index (χ3v) is 6.29. The van der Waals surface area contributed by atoms with E-state index in [-0.39, 0.29) is 22.3 Å². The monoisotopic (exact) mass is 538 g/mol. The van der Waals surface area contributed by atoms with Gasteiger partial charge < -0.3 is 16.4 Å². The number of fused-ring (bicyclic) bond motifs is 1. The number of aromatic nitrogens is 3. The van der Waals surface area contributed by atoms with Crippen molar-refractivity contribution in [2.24, 2.45) is 0 Å². The van der Waals surface area contributed by atoms with Crippen molar-refractivity contribution in [3.05, 3.63) is 108 Å². The lowest BCUT2D eigenvalue weighted by atomic mass is 9.93. The van der Waals surface area contributed by atoms with E-state index in [0.29, 0.717) is 33.4 Å². The van der Waals surface area contributed by atoms with Crippen molar-refractivity contribution in [2.75, 3.05) is 16.4 Å². The van der Waals surface area contributed by atoms with Crippen LogP contribution in [0.15, 0.2) is 92.0 Å². The van der Waals surface area contributed by atoms with Crippen LogP contribution in [0.5, 0.6) is 0 Å². The summed E-state index contributed by atoms with van der Waals surface area (Å²) in [7, 11) is 0. The predicted molar refractivity (Wildman–Crippen MR) is 151 cm³/mol. The molecule has 2 amide bonds. The highest BCUT2D eigenvalue weighted by atomic mass is 35.5. The van der Waals surface area contributed by atoms with Crippen LogP contribution in [0, 0.1) is 5.82 Å². The molecule has 0 saturated carbocycles. The first-order chi connectivity index (χ1) is 18.9. The number of halogens is 2. The second-order valence-corrected chi connectivity index (χ2v) is 8.83. The van der Waals surface area contributed by atoms with Crippen LogP contribution in [0.3, 0.4) is 0 Å². The number of hydrogen-bond donors (Lipinski definition) is 3. The van der Waals surface area contributed by atoms with E-state index in [9.17, 15) is 14.0 Å². The molecule has 0 saturated heterocycles. The minimum Gasteiger partial charge on any atom is -0.398 e. The van der Waals surface area contributed by atoms with E-state index in [2.05, 4.69) is 32.2 Å². The Labute approximate surface area is 227 Å². The van der Waals surface area contributed by atoms with Crippen LogP contribution in [0.25, 0.3) is 33.2 Å². The minimum absolute atomic E-state index is 0.183. The number of nitrogens with zero attached hydrogens (tertiary/aromatic N) is 3. The van der Waals surface area contributed by atoms with Crippen molar-refractivity contribution in [3.63, 3.8) is 0 Å². The number of pyridine rings is 1. The van der Waals surface area contributed by atoms with Gasteiger partial charge in [-0.25, -0.2) is 19.3 Å². The summed E-state index contributed by atoms with van der Waals surface area (Å²) in [5, 5.41) is 6.05. The molecule has 0 aliphatic carbocycles. The highest BCUT2D eigenvalue weighted by Gasteiger charge is 2.18. The zero-order valence-electron chi connectivity index (χ0n) is 20.3. The summed E-state index contributed by atoms with van der Waals surface area (Å²) in [5.74, 6) is -1.74. The van der Waals surface area contributed by atoms with Crippen molar-refractivity contribution in [1.82, 2.24) is 15.0 Å². The molecule has 0 radical (unpaired) electrons. The van der Waals surface area contributed by atoms with Gasteiger partial charge in [0.1, 0.15) is 6.33 Å². The van der Waals surface area contributed by atoms with Crippen LogP contribution in [-0.4, -0.2) is 26.8 Å². The van der Waals surface area contributed by atoms with Gasteiger partial charge in [0.2, 0.25) is 5.91 Å². The molecular weight excluding hydrogens is 519 g/mol. The number of carbonyl (C=O) groups excluding carboxylic acids is 2. The third-order valence-electron chi connectivity index (χ3n) is 5.97. The van der Waals surface area contributed by atoms with Crippen molar-refractivity contribution in [2.45, 2.75) is 0 Å².